The summed E-state index contributed by atoms with van der Waals surface area (Å²) in [6.07, 6.45) is 1.77. The zero-order valence-corrected chi connectivity index (χ0v) is 10.9. The van der Waals surface area contributed by atoms with Crippen molar-refractivity contribution >= 4 is 17.5 Å². The second kappa shape index (κ2) is 6.00. The first-order chi connectivity index (χ1) is 9.51. The van der Waals surface area contributed by atoms with E-state index >= 15 is 0 Å². The van der Waals surface area contributed by atoms with Crippen LogP contribution in [0.15, 0.2) is 6.07 Å². The fraction of sp³-hybridized carbons (Fsp3) is 0.500. The summed E-state index contributed by atoms with van der Waals surface area (Å²) in [6.45, 7) is 1.08. The number of anilines is 2. The van der Waals surface area contributed by atoms with Gasteiger partial charge in [0.15, 0.2) is 23.3 Å². The lowest BCUT2D eigenvalue weighted by Crippen LogP contribution is -2.36. The zero-order valence-electron chi connectivity index (χ0n) is 10.9. The number of nitrogens with zero attached hydrogens (tertiary/aromatic N) is 2. The normalized spacial score (nSPS) is 16.2. The lowest BCUT2D eigenvalue weighted by atomic mass is 9.93. The number of pyridine rings is 1. The lowest BCUT2D eigenvalue weighted by Gasteiger charge is -2.32. The molecule has 1 aromatic rings. The Morgan fingerprint density at radius 3 is 2.60 bits per heavy atom. The number of primary amides is 1. The molecule has 6 nitrogen and oxygen atoms in total. The van der Waals surface area contributed by atoms with Crippen molar-refractivity contribution < 1.29 is 13.6 Å². The summed E-state index contributed by atoms with van der Waals surface area (Å²) >= 11 is 0. The maximum Gasteiger partial charge on any atom is 0.217 e. The summed E-state index contributed by atoms with van der Waals surface area (Å²) < 4.78 is 27.1. The minimum atomic E-state index is -0.836. The Labute approximate surface area is 115 Å². The van der Waals surface area contributed by atoms with Crippen molar-refractivity contribution in [3.05, 3.63) is 17.7 Å². The number of hydrazine groups is 1. The summed E-state index contributed by atoms with van der Waals surface area (Å²) in [7, 11) is 0. The zero-order chi connectivity index (χ0) is 14.7. The van der Waals surface area contributed by atoms with Crippen molar-refractivity contribution in [3.8, 4) is 0 Å². The van der Waals surface area contributed by atoms with Gasteiger partial charge in [0.2, 0.25) is 5.91 Å². The molecule has 0 aromatic carbocycles. The van der Waals surface area contributed by atoms with Gasteiger partial charge >= 0.3 is 0 Å². The van der Waals surface area contributed by atoms with Crippen LogP contribution in [0.3, 0.4) is 0 Å². The highest BCUT2D eigenvalue weighted by molar-refractivity contribution is 5.74. The van der Waals surface area contributed by atoms with Crippen molar-refractivity contribution in [1.82, 2.24) is 4.98 Å². The monoisotopic (exact) mass is 285 g/mol. The molecule has 0 saturated carbocycles. The number of carbonyl (C=O) groups is 1. The van der Waals surface area contributed by atoms with Crippen molar-refractivity contribution in [2.24, 2.45) is 17.5 Å². The number of amides is 1. The van der Waals surface area contributed by atoms with Crippen molar-refractivity contribution in [1.29, 1.82) is 0 Å². The molecule has 0 bridgehead atoms. The Morgan fingerprint density at radius 2 is 2.05 bits per heavy atom. The number of hydrogen-bond acceptors (Lipinski definition) is 5. The fourth-order valence-corrected chi connectivity index (χ4v) is 2.41. The minimum absolute atomic E-state index is 0.0666. The molecule has 0 atom stereocenters. The number of nitrogen functional groups attached to an aromatic ring is 1. The van der Waals surface area contributed by atoms with Crippen molar-refractivity contribution in [3.63, 3.8) is 0 Å². The first-order valence-corrected chi connectivity index (χ1v) is 6.37. The summed E-state index contributed by atoms with van der Waals surface area (Å²) in [5.41, 5.74) is 7.26. The van der Waals surface area contributed by atoms with Crippen molar-refractivity contribution in [2.45, 2.75) is 19.3 Å². The molecular formula is C12H17F2N5O. The molecule has 0 unspecified atom stereocenters. The maximum atomic E-state index is 13.8. The number of aromatic nitrogens is 1. The molecule has 1 fully saturated rings. The van der Waals surface area contributed by atoms with E-state index in [1.54, 1.807) is 4.90 Å². The molecule has 0 radical (unpaired) electrons. The SMILES string of the molecule is NNc1nc(N2CCC(CC(N)=O)CC2)c(F)cc1F. The van der Waals surface area contributed by atoms with Gasteiger partial charge in [0.25, 0.3) is 0 Å². The van der Waals surface area contributed by atoms with Gasteiger partial charge < -0.3 is 16.1 Å². The van der Waals surface area contributed by atoms with E-state index in [0.29, 0.717) is 32.4 Å². The molecule has 2 rings (SSSR count). The van der Waals surface area contributed by atoms with Crippen LogP contribution in [0.2, 0.25) is 0 Å². The molecule has 1 amide bonds. The number of nitrogens with two attached hydrogens (primary N) is 2. The molecule has 0 aliphatic carbocycles. The summed E-state index contributed by atoms with van der Waals surface area (Å²) in [6, 6.07) is 0.757. The molecular weight excluding hydrogens is 268 g/mol. The van der Waals surface area contributed by atoms with E-state index in [4.69, 9.17) is 11.6 Å². The molecule has 1 aromatic heterocycles. The van der Waals surface area contributed by atoms with Gasteiger partial charge in [-0.15, -0.1) is 0 Å². The first kappa shape index (κ1) is 14.4. The summed E-state index contributed by atoms with van der Waals surface area (Å²) in [4.78, 5) is 16.4. The van der Waals surface area contributed by atoms with Gasteiger partial charge in [-0.2, -0.15) is 0 Å². The third-order valence-corrected chi connectivity index (χ3v) is 3.45. The van der Waals surface area contributed by atoms with E-state index in [-0.39, 0.29) is 23.5 Å². The van der Waals surface area contributed by atoms with Crippen LogP contribution in [0.5, 0.6) is 0 Å². The van der Waals surface area contributed by atoms with Crippen LogP contribution < -0.4 is 21.9 Å². The number of nitrogens with one attached hydrogen (secondary N) is 1. The molecule has 2 heterocycles. The Bertz CT molecular complexity index is 503. The van der Waals surface area contributed by atoms with Crippen LogP contribution in [-0.4, -0.2) is 24.0 Å². The molecule has 1 saturated heterocycles. The Morgan fingerprint density at radius 1 is 1.40 bits per heavy atom. The highest BCUT2D eigenvalue weighted by Crippen LogP contribution is 2.27. The van der Waals surface area contributed by atoms with Crippen molar-refractivity contribution in [2.75, 3.05) is 23.4 Å². The molecule has 0 spiro atoms. The van der Waals surface area contributed by atoms with E-state index < -0.39 is 11.6 Å². The highest BCUT2D eigenvalue weighted by Gasteiger charge is 2.24. The van der Waals surface area contributed by atoms with Crippen LogP contribution >= 0.6 is 0 Å². The van der Waals surface area contributed by atoms with Gasteiger partial charge in [-0.25, -0.2) is 19.6 Å². The van der Waals surface area contributed by atoms with E-state index in [9.17, 15) is 13.6 Å². The molecule has 1 aliphatic rings. The van der Waals surface area contributed by atoms with Crippen LogP contribution in [0, 0.1) is 17.6 Å². The number of piperidine rings is 1. The number of hydrogen-bond donors (Lipinski definition) is 3. The predicted molar refractivity (Wildman–Crippen MR) is 70.7 cm³/mol. The molecule has 5 N–H and O–H groups in total. The largest absolute Gasteiger partial charge is 0.370 e. The predicted octanol–water partition coefficient (Wildman–Crippen LogP) is 0.737. The van der Waals surface area contributed by atoms with Crippen LogP contribution in [0.1, 0.15) is 19.3 Å². The van der Waals surface area contributed by atoms with Gasteiger partial charge in [0.1, 0.15) is 0 Å². The van der Waals surface area contributed by atoms with Crippen LogP contribution in [0.25, 0.3) is 0 Å². The smallest absolute Gasteiger partial charge is 0.217 e. The number of rotatable bonds is 4. The third-order valence-electron chi connectivity index (χ3n) is 3.45. The van der Waals surface area contributed by atoms with Gasteiger partial charge in [-0.1, -0.05) is 0 Å². The molecule has 20 heavy (non-hydrogen) atoms. The number of carbonyl (C=O) groups excluding carboxylic acids is 1. The summed E-state index contributed by atoms with van der Waals surface area (Å²) in [5.74, 6) is 3.32. The van der Waals surface area contributed by atoms with Gasteiger partial charge in [-0.05, 0) is 18.8 Å². The van der Waals surface area contributed by atoms with E-state index in [1.807, 2.05) is 0 Å². The Hall–Kier alpha value is -1.96. The quantitative estimate of drug-likeness (QED) is 0.560. The molecule has 1 aliphatic heterocycles. The van der Waals surface area contributed by atoms with E-state index in [1.165, 1.54) is 0 Å². The van der Waals surface area contributed by atoms with E-state index in [0.717, 1.165) is 6.07 Å². The van der Waals surface area contributed by atoms with E-state index in [2.05, 4.69) is 10.4 Å². The third kappa shape index (κ3) is 3.13. The maximum absolute atomic E-state index is 13.8. The number of halogens is 2. The molecule has 8 heteroatoms. The summed E-state index contributed by atoms with van der Waals surface area (Å²) in [5, 5.41) is 0. The average Bonchev–Trinajstić information content (AvgIpc) is 2.39. The lowest BCUT2D eigenvalue weighted by molar-refractivity contribution is -0.119. The second-order valence-corrected chi connectivity index (χ2v) is 4.87. The van der Waals surface area contributed by atoms with Crippen LogP contribution in [-0.2, 0) is 4.79 Å². The topological polar surface area (TPSA) is 97.3 Å². The van der Waals surface area contributed by atoms with Gasteiger partial charge in [0, 0.05) is 25.6 Å². The second-order valence-electron chi connectivity index (χ2n) is 4.87. The fourth-order valence-electron chi connectivity index (χ4n) is 2.41. The standard InChI is InChI=1S/C12H17F2N5O/c13-8-6-9(14)12(17-11(8)18-16)19-3-1-7(2-4-19)5-10(15)20/h6-7H,1-5,16H2,(H2,15,20)(H,17,18). The Balaban J connectivity index is 2.08. The first-order valence-electron chi connectivity index (χ1n) is 6.37. The average molecular weight is 285 g/mol. The van der Waals surface area contributed by atoms with Gasteiger partial charge in [0.05, 0.1) is 0 Å². The van der Waals surface area contributed by atoms with Gasteiger partial charge in [-0.3, -0.25) is 4.79 Å². The highest BCUT2D eigenvalue weighted by atomic mass is 19.1. The van der Waals surface area contributed by atoms with Crippen LogP contribution in [0.4, 0.5) is 20.4 Å². The minimum Gasteiger partial charge on any atom is -0.370 e. The molecule has 110 valence electrons. The Kier molecular flexibility index (Phi) is 4.33.